The van der Waals surface area contributed by atoms with E-state index in [0.29, 0.717) is 6.61 Å². The summed E-state index contributed by atoms with van der Waals surface area (Å²) in [7, 11) is 0. The topological polar surface area (TPSA) is 38.3 Å². The van der Waals surface area contributed by atoms with Crippen LogP contribution in [0.3, 0.4) is 0 Å². The second-order valence-corrected chi connectivity index (χ2v) is 3.52. The largest absolute Gasteiger partial charge is 0.372 e. The van der Waals surface area contributed by atoms with Crippen LogP contribution in [-0.2, 0) is 9.53 Å². The average Bonchev–Trinajstić information content (AvgIpc) is 2.06. The van der Waals surface area contributed by atoms with Gasteiger partial charge in [-0.05, 0) is 12.8 Å². The fraction of sp³-hybridized carbons (Fsp3) is 0.875. The zero-order valence-electron chi connectivity index (χ0n) is 7.44. The summed E-state index contributed by atoms with van der Waals surface area (Å²) in [6.07, 6.45) is 1.99. The van der Waals surface area contributed by atoms with Gasteiger partial charge in [0.2, 0.25) is 5.91 Å². The first-order valence-electron chi connectivity index (χ1n) is 4.21. The van der Waals surface area contributed by atoms with Crippen LogP contribution in [0.2, 0.25) is 0 Å². The predicted molar refractivity (Wildman–Crippen MR) is 57.6 cm³/mol. The molecule has 72 valence electrons. The van der Waals surface area contributed by atoms with Crippen LogP contribution in [0, 0.1) is 0 Å². The maximum Gasteiger partial charge on any atom is 0.245 e. The smallest absolute Gasteiger partial charge is 0.245 e. The summed E-state index contributed by atoms with van der Waals surface area (Å²) >= 11 is 2.29. The quantitative estimate of drug-likeness (QED) is 0.436. The number of ether oxygens (including phenoxy) is 1. The molecule has 0 aliphatic heterocycles. The molecule has 0 saturated heterocycles. The summed E-state index contributed by atoms with van der Waals surface area (Å²) in [6, 6.07) is 0. The van der Waals surface area contributed by atoms with E-state index in [1.54, 1.807) is 0 Å². The predicted octanol–water partition coefficient (Wildman–Crippen LogP) is 1.35. The van der Waals surface area contributed by atoms with Crippen molar-refractivity contribution in [3.8, 4) is 0 Å². The van der Waals surface area contributed by atoms with Gasteiger partial charge < -0.3 is 10.1 Å². The van der Waals surface area contributed by atoms with Crippen LogP contribution in [0.4, 0.5) is 0 Å². The van der Waals surface area contributed by atoms with Gasteiger partial charge in [-0.3, -0.25) is 4.79 Å². The van der Waals surface area contributed by atoms with Crippen molar-refractivity contribution in [2.75, 3.05) is 24.2 Å². The third-order valence-electron chi connectivity index (χ3n) is 1.21. The Hall–Kier alpha value is 0.160. The number of hydrogen-bond donors (Lipinski definition) is 1. The molecule has 3 nitrogen and oxygen atoms in total. The molecule has 1 N–H and O–H groups in total. The molecule has 0 aliphatic carbocycles. The van der Waals surface area contributed by atoms with Crippen molar-refractivity contribution in [2.24, 2.45) is 0 Å². The lowest BCUT2D eigenvalue weighted by molar-refractivity contribution is -0.125. The molecule has 4 heteroatoms. The van der Waals surface area contributed by atoms with Gasteiger partial charge in [0.15, 0.2) is 0 Å². The van der Waals surface area contributed by atoms with Gasteiger partial charge in [0, 0.05) is 17.6 Å². The van der Waals surface area contributed by atoms with Crippen molar-refractivity contribution < 1.29 is 9.53 Å². The number of rotatable bonds is 7. The number of nitrogens with one attached hydrogen (secondary N) is 1. The molecule has 0 bridgehead atoms. The molecule has 0 atom stereocenters. The molecule has 0 saturated carbocycles. The van der Waals surface area contributed by atoms with E-state index in [0.717, 1.165) is 23.8 Å². The summed E-state index contributed by atoms with van der Waals surface area (Å²) in [6.45, 7) is 3.65. The van der Waals surface area contributed by atoms with Crippen LogP contribution in [0.15, 0.2) is 0 Å². The molecule has 0 aliphatic rings. The SMILES string of the molecule is CCCOCC(=O)NCCCI. The van der Waals surface area contributed by atoms with E-state index in [9.17, 15) is 4.79 Å². The lowest BCUT2D eigenvalue weighted by atomic mass is 10.4. The van der Waals surface area contributed by atoms with Crippen molar-refractivity contribution in [1.82, 2.24) is 5.32 Å². The second-order valence-electron chi connectivity index (χ2n) is 2.45. The standard InChI is InChI=1S/C8H16INO2/c1-2-6-12-7-8(11)10-5-3-4-9/h2-7H2,1H3,(H,10,11). The molecule has 0 heterocycles. The van der Waals surface area contributed by atoms with E-state index in [1.807, 2.05) is 6.92 Å². The molecule has 0 radical (unpaired) electrons. The van der Waals surface area contributed by atoms with E-state index in [-0.39, 0.29) is 12.5 Å². The van der Waals surface area contributed by atoms with Gasteiger partial charge in [-0.1, -0.05) is 29.5 Å². The highest BCUT2D eigenvalue weighted by Gasteiger charge is 1.98. The minimum Gasteiger partial charge on any atom is -0.372 e. The van der Waals surface area contributed by atoms with Gasteiger partial charge in [0.1, 0.15) is 6.61 Å². The van der Waals surface area contributed by atoms with E-state index in [1.165, 1.54) is 0 Å². The van der Waals surface area contributed by atoms with Gasteiger partial charge in [0.25, 0.3) is 0 Å². The maximum atomic E-state index is 11.0. The Morgan fingerprint density at radius 3 is 2.92 bits per heavy atom. The van der Waals surface area contributed by atoms with E-state index >= 15 is 0 Å². The zero-order valence-corrected chi connectivity index (χ0v) is 9.59. The second kappa shape index (κ2) is 9.25. The minimum absolute atomic E-state index is 0.00620. The molecular formula is C8H16INO2. The number of halogens is 1. The van der Waals surface area contributed by atoms with Crippen molar-refractivity contribution in [3.05, 3.63) is 0 Å². The van der Waals surface area contributed by atoms with Crippen LogP contribution in [0.25, 0.3) is 0 Å². The minimum atomic E-state index is -0.00620. The molecule has 0 unspecified atom stereocenters. The highest BCUT2D eigenvalue weighted by molar-refractivity contribution is 14.1. The van der Waals surface area contributed by atoms with Crippen molar-refractivity contribution in [1.29, 1.82) is 0 Å². The average molecular weight is 285 g/mol. The highest BCUT2D eigenvalue weighted by atomic mass is 127. The first-order chi connectivity index (χ1) is 5.81. The molecular weight excluding hydrogens is 269 g/mol. The molecule has 0 aromatic rings. The fourth-order valence-corrected chi connectivity index (χ4v) is 1.04. The van der Waals surface area contributed by atoms with Crippen LogP contribution in [0.5, 0.6) is 0 Å². The van der Waals surface area contributed by atoms with Gasteiger partial charge >= 0.3 is 0 Å². The highest BCUT2D eigenvalue weighted by Crippen LogP contribution is 1.85. The zero-order chi connectivity index (χ0) is 9.23. The number of hydrogen-bond acceptors (Lipinski definition) is 2. The summed E-state index contributed by atoms with van der Waals surface area (Å²) in [5, 5.41) is 2.77. The third kappa shape index (κ3) is 8.26. The molecule has 12 heavy (non-hydrogen) atoms. The van der Waals surface area contributed by atoms with Crippen LogP contribution >= 0.6 is 22.6 Å². The van der Waals surface area contributed by atoms with Gasteiger partial charge in [-0.2, -0.15) is 0 Å². The monoisotopic (exact) mass is 285 g/mol. The summed E-state index contributed by atoms with van der Waals surface area (Å²) < 4.78 is 6.14. The Bertz CT molecular complexity index is 108. The first-order valence-corrected chi connectivity index (χ1v) is 5.74. The molecule has 0 aromatic heterocycles. The van der Waals surface area contributed by atoms with E-state index < -0.39 is 0 Å². The van der Waals surface area contributed by atoms with Gasteiger partial charge in [-0.25, -0.2) is 0 Å². The Kier molecular flexibility index (Phi) is 9.37. The normalized spacial score (nSPS) is 9.83. The lowest BCUT2D eigenvalue weighted by Gasteiger charge is -2.03. The molecule has 0 rings (SSSR count). The summed E-state index contributed by atoms with van der Waals surface area (Å²) in [4.78, 5) is 11.0. The van der Waals surface area contributed by atoms with Crippen LogP contribution in [-0.4, -0.2) is 30.1 Å². The summed E-state index contributed by atoms with van der Waals surface area (Å²) in [5.41, 5.74) is 0. The van der Waals surface area contributed by atoms with Crippen molar-refractivity contribution >= 4 is 28.5 Å². The number of amides is 1. The van der Waals surface area contributed by atoms with Crippen molar-refractivity contribution in [3.63, 3.8) is 0 Å². The van der Waals surface area contributed by atoms with Gasteiger partial charge in [0.05, 0.1) is 0 Å². The van der Waals surface area contributed by atoms with E-state index in [2.05, 4.69) is 27.9 Å². The third-order valence-corrected chi connectivity index (χ3v) is 1.98. The fourth-order valence-electron chi connectivity index (χ4n) is 0.655. The number of alkyl halides is 1. The lowest BCUT2D eigenvalue weighted by Crippen LogP contribution is -2.28. The van der Waals surface area contributed by atoms with Crippen LogP contribution < -0.4 is 5.32 Å². The summed E-state index contributed by atoms with van der Waals surface area (Å²) in [5.74, 6) is -0.00620. The van der Waals surface area contributed by atoms with Crippen LogP contribution in [0.1, 0.15) is 19.8 Å². The molecule has 1 amide bonds. The Morgan fingerprint density at radius 2 is 2.33 bits per heavy atom. The molecule has 0 spiro atoms. The maximum absolute atomic E-state index is 11.0. The van der Waals surface area contributed by atoms with Crippen molar-refractivity contribution in [2.45, 2.75) is 19.8 Å². The number of carbonyl (C=O) groups excluding carboxylic acids is 1. The Balaban J connectivity index is 3.10. The first kappa shape index (κ1) is 12.2. The Morgan fingerprint density at radius 1 is 1.58 bits per heavy atom. The van der Waals surface area contributed by atoms with E-state index in [4.69, 9.17) is 4.74 Å². The number of carbonyl (C=O) groups is 1. The molecule has 0 fully saturated rings. The molecule has 0 aromatic carbocycles. The van der Waals surface area contributed by atoms with Gasteiger partial charge in [-0.15, -0.1) is 0 Å². The Labute approximate surface area is 87.4 Å².